The van der Waals surface area contributed by atoms with E-state index in [0.717, 1.165) is 24.0 Å². The molecule has 0 spiro atoms. The number of Topliss-reactive ketones (excluding diaryl/α,β-unsaturated/α-hetero) is 1. The molecule has 0 atom stereocenters. The van der Waals surface area contributed by atoms with Crippen molar-refractivity contribution in [2.24, 2.45) is 0 Å². The Kier molecular flexibility index (Phi) is 4.89. The smallest absolute Gasteiger partial charge is 0.201 e. The highest BCUT2D eigenvalue weighted by molar-refractivity contribution is 9.10. The monoisotopic (exact) mass is 301 g/mol. The van der Waals surface area contributed by atoms with Crippen molar-refractivity contribution in [1.29, 1.82) is 0 Å². The van der Waals surface area contributed by atoms with E-state index in [0.29, 0.717) is 5.69 Å². The standard InChI is InChI=1S/C12H20BrN3O/c1-5-7-16-10(9(13)8-15-16)11(17)12(3,4)14-6-2/h8,14H,5-7H2,1-4H3. The van der Waals surface area contributed by atoms with Crippen molar-refractivity contribution in [2.45, 2.75) is 46.2 Å². The number of aryl methyl sites for hydroxylation is 1. The molecule has 1 aromatic heterocycles. The molecule has 0 unspecified atom stereocenters. The van der Waals surface area contributed by atoms with Crippen molar-refractivity contribution >= 4 is 21.7 Å². The largest absolute Gasteiger partial charge is 0.305 e. The summed E-state index contributed by atoms with van der Waals surface area (Å²) >= 11 is 3.40. The number of halogens is 1. The van der Waals surface area contributed by atoms with Crippen molar-refractivity contribution in [3.8, 4) is 0 Å². The van der Waals surface area contributed by atoms with Crippen molar-refractivity contribution in [3.05, 3.63) is 16.4 Å². The summed E-state index contributed by atoms with van der Waals surface area (Å²) in [6.45, 7) is 9.38. The van der Waals surface area contributed by atoms with Gasteiger partial charge in [0.15, 0.2) is 0 Å². The molecule has 0 radical (unpaired) electrons. The molecule has 1 aromatic rings. The molecule has 0 saturated heterocycles. The average Bonchev–Trinajstić information content (AvgIpc) is 2.59. The van der Waals surface area contributed by atoms with E-state index < -0.39 is 5.54 Å². The van der Waals surface area contributed by atoms with Crippen LogP contribution >= 0.6 is 15.9 Å². The van der Waals surface area contributed by atoms with Crippen LogP contribution in [0.15, 0.2) is 10.7 Å². The number of nitrogens with one attached hydrogen (secondary N) is 1. The summed E-state index contributed by atoms with van der Waals surface area (Å²) in [7, 11) is 0. The molecule has 0 fully saturated rings. The fourth-order valence-corrected chi connectivity index (χ4v) is 2.26. The number of likely N-dealkylation sites (N-methyl/N-ethyl adjacent to an activating group) is 1. The highest BCUT2D eigenvalue weighted by Crippen LogP contribution is 2.21. The van der Waals surface area contributed by atoms with Gasteiger partial charge in [0.1, 0.15) is 5.69 Å². The minimum atomic E-state index is -0.567. The molecule has 1 heterocycles. The molecule has 0 aliphatic rings. The van der Waals surface area contributed by atoms with Crippen molar-refractivity contribution < 1.29 is 4.79 Å². The second-order valence-corrected chi connectivity index (χ2v) is 5.40. The molecule has 4 nitrogen and oxygen atoms in total. The minimum Gasteiger partial charge on any atom is -0.305 e. The van der Waals surface area contributed by atoms with Crippen LogP contribution in [0.4, 0.5) is 0 Å². The predicted octanol–water partition coefficient (Wildman–Crippen LogP) is 2.63. The SMILES string of the molecule is CCCn1ncc(Br)c1C(=O)C(C)(C)NCC. The number of carbonyl (C=O) groups excluding carboxylic acids is 1. The van der Waals surface area contributed by atoms with E-state index in [1.54, 1.807) is 10.9 Å². The summed E-state index contributed by atoms with van der Waals surface area (Å²) in [5.41, 5.74) is 0.0841. The van der Waals surface area contributed by atoms with Crippen molar-refractivity contribution in [2.75, 3.05) is 6.54 Å². The Morgan fingerprint density at radius 2 is 2.18 bits per heavy atom. The maximum absolute atomic E-state index is 12.5. The number of hydrogen-bond donors (Lipinski definition) is 1. The average molecular weight is 302 g/mol. The van der Waals surface area contributed by atoms with Gasteiger partial charge in [-0.15, -0.1) is 0 Å². The third-order valence-corrected chi connectivity index (χ3v) is 3.21. The zero-order valence-corrected chi connectivity index (χ0v) is 12.5. The summed E-state index contributed by atoms with van der Waals surface area (Å²) in [6, 6.07) is 0. The van der Waals surface area contributed by atoms with Crippen molar-refractivity contribution in [3.63, 3.8) is 0 Å². The quantitative estimate of drug-likeness (QED) is 0.822. The Morgan fingerprint density at radius 1 is 1.53 bits per heavy atom. The van der Waals surface area contributed by atoms with E-state index in [1.165, 1.54) is 0 Å². The minimum absolute atomic E-state index is 0.0668. The number of ketones is 1. The second-order valence-electron chi connectivity index (χ2n) is 4.55. The molecule has 1 rings (SSSR count). The first-order valence-corrected chi connectivity index (χ1v) is 6.74. The fourth-order valence-electron chi connectivity index (χ4n) is 1.79. The number of nitrogens with zero attached hydrogens (tertiary/aromatic N) is 2. The van der Waals surface area contributed by atoms with Gasteiger partial charge in [0.05, 0.1) is 16.2 Å². The third-order valence-electron chi connectivity index (χ3n) is 2.63. The first-order valence-electron chi connectivity index (χ1n) is 5.95. The molecule has 0 aliphatic heterocycles. The van der Waals surface area contributed by atoms with Gasteiger partial charge < -0.3 is 5.32 Å². The maximum atomic E-state index is 12.5. The van der Waals surface area contributed by atoms with Gasteiger partial charge in [-0.05, 0) is 42.7 Å². The van der Waals surface area contributed by atoms with E-state index >= 15 is 0 Å². The Morgan fingerprint density at radius 3 is 2.71 bits per heavy atom. The second kappa shape index (κ2) is 5.78. The van der Waals surface area contributed by atoms with Crippen LogP contribution in [0, 0.1) is 0 Å². The summed E-state index contributed by atoms with van der Waals surface area (Å²) in [5, 5.41) is 7.42. The fraction of sp³-hybridized carbons (Fsp3) is 0.667. The highest BCUT2D eigenvalue weighted by atomic mass is 79.9. The number of rotatable bonds is 6. The molecule has 0 aromatic carbocycles. The molecular weight excluding hydrogens is 282 g/mol. The molecular formula is C12H20BrN3O. The van der Waals surface area contributed by atoms with Gasteiger partial charge in [0.25, 0.3) is 0 Å². The summed E-state index contributed by atoms with van der Waals surface area (Å²) in [6.07, 6.45) is 2.64. The van der Waals surface area contributed by atoms with Gasteiger partial charge >= 0.3 is 0 Å². The first kappa shape index (κ1) is 14.4. The van der Waals surface area contributed by atoms with E-state index in [2.05, 4.69) is 33.3 Å². The summed E-state index contributed by atoms with van der Waals surface area (Å²) in [5.74, 6) is 0.0668. The highest BCUT2D eigenvalue weighted by Gasteiger charge is 2.31. The molecule has 0 bridgehead atoms. The zero-order chi connectivity index (χ0) is 13.1. The van der Waals surface area contributed by atoms with Gasteiger partial charge in [-0.2, -0.15) is 5.10 Å². The molecule has 0 saturated carbocycles. The van der Waals surface area contributed by atoms with E-state index in [-0.39, 0.29) is 5.78 Å². The number of carbonyl (C=O) groups is 1. The van der Waals surface area contributed by atoms with Gasteiger partial charge in [0.2, 0.25) is 5.78 Å². The topological polar surface area (TPSA) is 46.9 Å². The first-order chi connectivity index (χ1) is 7.94. The Bertz CT molecular complexity index is 398. The third kappa shape index (κ3) is 3.16. The lowest BCUT2D eigenvalue weighted by Gasteiger charge is -2.24. The number of aromatic nitrogens is 2. The van der Waals surface area contributed by atoms with Crippen LogP contribution in [-0.2, 0) is 6.54 Å². The van der Waals surface area contributed by atoms with E-state index in [4.69, 9.17) is 0 Å². The van der Waals surface area contributed by atoms with Crippen LogP contribution in [0.3, 0.4) is 0 Å². The lowest BCUT2D eigenvalue weighted by molar-refractivity contribution is 0.0871. The number of hydrogen-bond acceptors (Lipinski definition) is 3. The Labute approximate surface area is 111 Å². The van der Waals surface area contributed by atoms with Gasteiger partial charge in [-0.25, -0.2) is 0 Å². The molecule has 5 heteroatoms. The van der Waals surface area contributed by atoms with E-state index in [9.17, 15) is 4.79 Å². The zero-order valence-electron chi connectivity index (χ0n) is 10.9. The molecule has 0 amide bonds. The molecule has 1 N–H and O–H groups in total. The van der Waals surface area contributed by atoms with Crippen LogP contribution in [0.25, 0.3) is 0 Å². The normalized spacial score (nSPS) is 11.8. The molecule has 17 heavy (non-hydrogen) atoms. The van der Waals surface area contributed by atoms with E-state index in [1.807, 2.05) is 20.8 Å². The van der Waals surface area contributed by atoms with Crippen LogP contribution in [0.2, 0.25) is 0 Å². The van der Waals surface area contributed by atoms with Gasteiger partial charge in [-0.3, -0.25) is 9.48 Å². The lowest BCUT2D eigenvalue weighted by Crippen LogP contribution is -2.47. The van der Waals surface area contributed by atoms with Crippen LogP contribution in [0.5, 0.6) is 0 Å². The van der Waals surface area contributed by atoms with Crippen molar-refractivity contribution in [1.82, 2.24) is 15.1 Å². The molecule has 96 valence electrons. The molecule has 0 aliphatic carbocycles. The summed E-state index contributed by atoms with van der Waals surface area (Å²) < 4.78 is 2.54. The maximum Gasteiger partial charge on any atom is 0.201 e. The predicted molar refractivity (Wildman–Crippen MR) is 72.3 cm³/mol. The Hall–Kier alpha value is -0.680. The van der Waals surface area contributed by atoms with Gasteiger partial charge in [0, 0.05) is 6.54 Å². The Balaban J connectivity index is 3.06. The van der Waals surface area contributed by atoms with Crippen LogP contribution in [0.1, 0.15) is 44.6 Å². The van der Waals surface area contributed by atoms with Crippen LogP contribution in [-0.4, -0.2) is 27.6 Å². The summed E-state index contributed by atoms with van der Waals surface area (Å²) in [4.78, 5) is 12.5. The lowest BCUT2D eigenvalue weighted by atomic mass is 9.96. The van der Waals surface area contributed by atoms with Crippen LogP contribution < -0.4 is 5.32 Å². The van der Waals surface area contributed by atoms with Gasteiger partial charge in [-0.1, -0.05) is 13.8 Å².